The third-order valence-electron chi connectivity index (χ3n) is 4.34. The van der Waals surface area contributed by atoms with Crippen molar-refractivity contribution in [1.82, 2.24) is 10.2 Å². The van der Waals surface area contributed by atoms with Gasteiger partial charge in [0, 0.05) is 10.4 Å². The Balaban J connectivity index is 1.98. The molecule has 0 saturated carbocycles. The second-order valence-corrected chi connectivity index (χ2v) is 6.61. The molecule has 2 atom stereocenters. The molecule has 2 unspecified atom stereocenters. The van der Waals surface area contributed by atoms with Crippen molar-refractivity contribution < 1.29 is 4.74 Å². The highest BCUT2D eigenvalue weighted by Crippen LogP contribution is 2.47. The summed E-state index contributed by atoms with van der Waals surface area (Å²) in [6.07, 6.45) is 0. The molecule has 25 heavy (non-hydrogen) atoms. The number of hydrogen-bond donors (Lipinski definition) is 2. The van der Waals surface area contributed by atoms with Gasteiger partial charge in [-0.05, 0) is 17.2 Å². The molecule has 0 radical (unpaired) electrons. The second kappa shape index (κ2) is 6.19. The van der Waals surface area contributed by atoms with E-state index in [1.165, 1.54) is 0 Å². The van der Waals surface area contributed by atoms with E-state index in [2.05, 4.69) is 32.2 Å². The summed E-state index contributed by atoms with van der Waals surface area (Å²) < 4.78 is 6.42. The van der Waals surface area contributed by atoms with Crippen LogP contribution in [0.4, 0.5) is 0 Å². The van der Waals surface area contributed by atoms with Gasteiger partial charge in [-0.25, -0.2) is 0 Å². The average molecular weight is 393 g/mol. The minimum atomic E-state index is -0.716. The predicted octanol–water partition coefficient (Wildman–Crippen LogP) is 4.48. The highest BCUT2D eigenvalue weighted by Gasteiger charge is 2.41. The molecule has 0 fully saturated rings. The summed E-state index contributed by atoms with van der Waals surface area (Å²) in [5, 5.41) is 25.1. The maximum absolute atomic E-state index is 9.69. The molecule has 3 aromatic rings. The van der Waals surface area contributed by atoms with Crippen LogP contribution in [0.2, 0.25) is 0 Å². The van der Waals surface area contributed by atoms with Gasteiger partial charge in [0.15, 0.2) is 0 Å². The lowest BCUT2D eigenvalue weighted by molar-refractivity contribution is 0.437. The molecule has 1 aromatic heterocycles. The van der Waals surface area contributed by atoms with Crippen LogP contribution in [-0.4, -0.2) is 16.1 Å². The Morgan fingerprint density at radius 3 is 2.56 bits per heavy atom. The summed E-state index contributed by atoms with van der Waals surface area (Å²) in [7, 11) is 0. The molecule has 0 bridgehead atoms. The van der Waals surface area contributed by atoms with Gasteiger partial charge in [0.05, 0.1) is 17.3 Å². The van der Waals surface area contributed by atoms with Crippen molar-refractivity contribution in [2.24, 2.45) is 5.92 Å². The van der Waals surface area contributed by atoms with Gasteiger partial charge in [0.25, 0.3) is 0 Å². The van der Waals surface area contributed by atoms with E-state index in [1.54, 1.807) is 0 Å². The van der Waals surface area contributed by atoms with E-state index >= 15 is 0 Å². The van der Waals surface area contributed by atoms with E-state index in [0.717, 1.165) is 26.9 Å². The van der Waals surface area contributed by atoms with Gasteiger partial charge >= 0.3 is 0 Å². The summed E-state index contributed by atoms with van der Waals surface area (Å²) in [6.45, 7) is 0. The largest absolute Gasteiger partial charge is 0.422 e. The summed E-state index contributed by atoms with van der Waals surface area (Å²) in [6, 6.07) is 19.8. The minimum absolute atomic E-state index is 0.0816. The smallest absolute Gasteiger partial charge is 0.244 e. The van der Waals surface area contributed by atoms with E-state index in [9.17, 15) is 5.26 Å². The van der Waals surface area contributed by atoms with Crippen LogP contribution in [0.1, 0.15) is 17.0 Å². The Morgan fingerprint density at radius 1 is 1.12 bits per heavy atom. The first-order valence-electron chi connectivity index (χ1n) is 7.74. The molecule has 5 nitrogen and oxygen atoms in total. The molecule has 2 aromatic carbocycles. The van der Waals surface area contributed by atoms with Crippen LogP contribution in [0, 0.1) is 22.7 Å². The average Bonchev–Trinajstić information content (AvgIpc) is 3.05. The number of ether oxygens (including phenoxy) is 1. The third-order valence-corrected chi connectivity index (χ3v) is 5.07. The fraction of sp³-hybridized carbons (Fsp3) is 0.105. The lowest BCUT2D eigenvalue weighted by atomic mass is 9.79. The summed E-state index contributed by atoms with van der Waals surface area (Å²) in [5.74, 6) is -0.782. The van der Waals surface area contributed by atoms with E-state index in [0.29, 0.717) is 5.88 Å². The van der Waals surface area contributed by atoms with Gasteiger partial charge in [-0.15, -0.1) is 5.10 Å². The molecule has 4 rings (SSSR count). The summed E-state index contributed by atoms with van der Waals surface area (Å²) in [4.78, 5) is 0. The lowest BCUT2D eigenvalue weighted by Crippen LogP contribution is -2.31. The summed E-state index contributed by atoms with van der Waals surface area (Å²) in [5.41, 5.74) is 3.51. The van der Waals surface area contributed by atoms with Crippen molar-refractivity contribution in [3.05, 3.63) is 70.2 Å². The fourth-order valence-electron chi connectivity index (χ4n) is 3.21. The highest BCUT2D eigenvalue weighted by molar-refractivity contribution is 9.10. The number of nitrogens with zero attached hydrogens (tertiary/aromatic N) is 2. The Bertz CT molecular complexity index is 990. The van der Waals surface area contributed by atoms with Crippen LogP contribution in [0.15, 0.2) is 59.1 Å². The van der Waals surface area contributed by atoms with Crippen LogP contribution in [0.25, 0.3) is 11.3 Å². The maximum Gasteiger partial charge on any atom is 0.244 e. The third kappa shape index (κ3) is 2.53. The predicted molar refractivity (Wildman–Crippen MR) is 97.5 cm³/mol. The van der Waals surface area contributed by atoms with Crippen molar-refractivity contribution in [2.45, 2.75) is 5.92 Å². The van der Waals surface area contributed by atoms with E-state index in [-0.39, 0.29) is 11.8 Å². The summed E-state index contributed by atoms with van der Waals surface area (Å²) >= 11 is 3.58. The molecular formula is C19H13BrN4O. The minimum Gasteiger partial charge on any atom is -0.422 e. The number of hydrogen-bond acceptors (Lipinski definition) is 4. The van der Waals surface area contributed by atoms with Gasteiger partial charge in [-0.3, -0.25) is 10.5 Å². The number of aromatic amines is 1. The van der Waals surface area contributed by atoms with Crippen LogP contribution in [0.3, 0.4) is 0 Å². The van der Waals surface area contributed by atoms with E-state index in [4.69, 9.17) is 10.1 Å². The highest BCUT2D eigenvalue weighted by atomic mass is 79.9. The molecule has 0 saturated heterocycles. The molecular weight excluding hydrogens is 380 g/mol. The quantitative estimate of drug-likeness (QED) is 0.673. The van der Waals surface area contributed by atoms with Crippen LogP contribution >= 0.6 is 15.9 Å². The second-order valence-electron chi connectivity index (χ2n) is 5.76. The zero-order valence-electron chi connectivity index (χ0n) is 13.0. The van der Waals surface area contributed by atoms with Gasteiger partial charge in [-0.1, -0.05) is 64.5 Å². The van der Waals surface area contributed by atoms with E-state index in [1.807, 2.05) is 54.6 Å². The van der Waals surface area contributed by atoms with Crippen molar-refractivity contribution in [2.75, 3.05) is 0 Å². The number of aromatic nitrogens is 2. The first-order valence-corrected chi connectivity index (χ1v) is 8.54. The molecule has 6 heteroatoms. The standard InChI is InChI=1S/C19H13BrN4O/c20-14-9-5-4-8-12(14)15-13(10-21)18(22)25-19-16(15)17(23-24-19)11-6-2-1-3-7-11/h1-9,13,15,22H,(H,23,24). The van der Waals surface area contributed by atoms with Crippen LogP contribution in [0.5, 0.6) is 5.88 Å². The van der Waals surface area contributed by atoms with Gasteiger partial charge < -0.3 is 4.74 Å². The Morgan fingerprint density at radius 2 is 1.84 bits per heavy atom. The number of nitrogens with one attached hydrogen (secondary N) is 2. The first kappa shape index (κ1) is 15.6. The Labute approximate surface area is 152 Å². The van der Waals surface area contributed by atoms with Gasteiger partial charge in [0.1, 0.15) is 5.92 Å². The number of rotatable bonds is 2. The Kier molecular flexibility index (Phi) is 3.86. The molecule has 2 N–H and O–H groups in total. The molecule has 0 amide bonds. The topological polar surface area (TPSA) is 85.6 Å². The van der Waals surface area contributed by atoms with Crippen LogP contribution < -0.4 is 4.74 Å². The lowest BCUT2D eigenvalue weighted by Gasteiger charge is -2.28. The van der Waals surface area contributed by atoms with Gasteiger partial charge in [0.2, 0.25) is 11.8 Å². The zero-order valence-corrected chi connectivity index (χ0v) is 14.6. The molecule has 1 aliphatic rings. The molecule has 0 aliphatic carbocycles. The monoisotopic (exact) mass is 392 g/mol. The van der Waals surface area contributed by atoms with Gasteiger partial charge in [-0.2, -0.15) is 5.26 Å². The zero-order chi connectivity index (χ0) is 17.4. The Hall–Kier alpha value is -2.91. The molecule has 2 heterocycles. The van der Waals surface area contributed by atoms with Crippen molar-refractivity contribution in [3.63, 3.8) is 0 Å². The fourth-order valence-corrected chi connectivity index (χ4v) is 3.74. The van der Waals surface area contributed by atoms with Crippen molar-refractivity contribution >= 4 is 21.8 Å². The number of H-pyrrole nitrogens is 1. The van der Waals surface area contributed by atoms with Crippen molar-refractivity contribution in [3.8, 4) is 23.2 Å². The molecule has 122 valence electrons. The maximum atomic E-state index is 9.69. The molecule has 0 spiro atoms. The van der Waals surface area contributed by atoms with Crippen molar-refractivity contribution in [1.29, 1.82) is 10.7 Å². The molecule has 1 aliphatic heterocycles. The SMILES string of the molecule is N#CC1C(=N)Oc2n[nH]c(-c3ccccc3)c2C1c1ccccc1Br. The van der Waals surface area contributed by atoms with E-state index < -0.39 is 5.92 Å². The number of halogens is 1. The number of nitriles is 1. The first-order chi connectivity index (χ1) is 12.2. The normalized spacial score (nSPS) is 19.0. The van der Waals surface area contributed by atoms with Crippen LogP contribution in [-0.2, 0) is 0 Å². The number of fused-ring (bicyclic) bond motifs is 1. The number of benzene rings is 2.